The Hall–Kier alpha value is -0.810. The molecule has 2 nitrogen and oxygen atoms in total. The van der Waals surface area contributed by atoms with Crippen molar-refractivity contribution in [1.29, 1.82) is 5.26 Å². The molecule has 1 fully saturated rings. The SMILES string of the molecule is C=CCC1(C#N)CCOCC1. The highest BCUT2D eigenvalue weighted by molar-refractivity contribution is 5.03. The van der Waals surface area contributed by atoms with Crippen LogP contribution >= 0.6 is 0 Å². The van der Waals surface area contributed by atoms with E-state index in [0.29, 0.717) is 0 Å². The number of ether oxygens (including phenoxy) is 1. The van der Waals surface area contributed by atoms with Gasteiger partial charge in [0, 0.05) is 13.2 Å². The van der Waals surface area contributed by atoms with Gasteiger partial charge in [-0.3, -0.25) is 0 Å². The van der Waals surface area contributed by atoms with Crippen molar-refractivity contribution in [3.8, 4) is 6.07 Å². The van der Waals surface area contributed by atoms with Crippen LogP contribution in [0.4, 0.5) is 0 Å². The molecule has 0 aromatic carbocycles. The molecule has 0 unspecified atom stereocenters. The molecular weight excluding hydrogens is 138 g/mol. The highest BCUT2D eigenvalue weighted by atomic mass is 16.5. The summed E-state index contributed by atoms with van der Waals surface area (Å²) in [4.78, 5) is 0. The number of allylic oxidation sites excluding steroid dienone is 1. The summed E-state index contributed by atoms with van der Waals surface area (Å²) in [6.07, 6.45) is 4.34. The molecule has 0 atom stereocenters. The van der Waals surface area contributed by atoms with Crippen LogP contribution in [-0.2, 0) is 4.74 Å². The maximum Gasteiger partial charge on any atom is 0.0694 e. The molecule has 0 aromatic rings. The third-order valence-corrected chi connectivity index (χ3v) is 2.22. The van der Waals surface area contributed by atoms with Gasteiger partial charge in [-0.25, -0.2) is 0 Å². The van der Waals surface area contributed by atoms with E-state index in [4.69, 9.17) is 10.00 Å². The molecule has 0 aromatic heterocycles. The normalized spacial score (nSPS) is 22.1. The Morgan fingerprint density at radius 3 is 2.64 bits per heavy atom. The van der Waals surface area contributed by atoms with E-state index in [0.717, 1.165) is 32.5 Å². The van der Waals surface area contributed by atoms with Crippen LogP contribution in [0.15, 0.2) is 12.7 Å². The van der Waals surface area contributed by atoms with E-state index in [1.54, 1.807) is 0 Å². The number of nitrogens with zero attached hydrogens (tertiary/aromatic N) is 1. The van der Waals surface area contributed by atoms with E-state index in [1.165, 1.54) is 0 Å². The van der Waals surface area contributed by atoms with Crippen molar-refractivity contribution in [2.45, 2.75) is 19.3 Å². The summed E-state index contributed by atoms with van der Waals surface area (Å²) < 4.78 is 5.19. The Balaban J connectivity index is 2.58. The van der Waals surface area contributed by atoms with Gasteiger partial charge in [-0.15, -0.1) is 6.58 Å². The molecule has 0 N–H and O–H groups in total. The van der Waals surface area contributed by atoms with Crippen molar-refractivity contribution < 1.29 is 4.74 Å². The largest absolute Gasteiger partial charge is 0.381 e. The van der Waals surface area contributed by atoms with Crippen LogP contribution in [0.25, 0.3) is 0 Å². The van der Waals surface area contributed by atoms with Crippen molar-refractivity contribution in [3.05, 3.63) is 12.7 Å². The molecule has 1 rings (SSSR count). The van der Waals surface area contributed by atoms with Crippen LogP contribution in [0.2, 0.25) is 0 Å². The van der Waals surface area contributed by atoms with Gasteiger partial charge in [0.25, 0.3) is 0 Å². The first-order valence-corrected chi connectivity index (χ1v) is 3.93. The first-order chi connectivity index (χ1) is 5.33. The van der Waals surface area contributed by atoms with Crippen LogP contribution < -0.4 is 0 Å². The number of nitriles is 1. The van der Waals surface area contributed by atoms with Gasteiger partial charge in [0.2, 0.25) is 0 Å². The quantitative estimate of drug-likeness (QED) is 0.564. The van der Waals surface area contributed by atoms with Crippen molar-refractivity contribution in [1.82, 2.24) is 0 Å². The molecular formula is C9H13NO. The predicted octanol–water partition coefficient (Wildman–Crippen LogP) is 1.88. The maximum absolute atomic E-state index is 8.92. The molecule has 0 spiro atoms. The third kappa shape index (κ3) is 1.81. The lowest BCUT2D eigenvalue weighted by Gasteiger charge is -2.29. The molecule has 0 radical (unpaired) electrons. The van der Waals surface area contributed by atoms with Gasteiger partial charge < -0.3 is 4.74 Å². The molecule has 1 saturated heterocycles. The average molecular weight is 151 g/mol. The molecule has 0 saturated carbocycles. The van der Waals surface area contributed by atoms with Gasteiger partial charge >= 0.3 is 0 Å². The van der Waals surface area contributed by atoms with Crippen molar-refractivity contribution in [2.75, 3.05) is 13.2 Å². The first kappa shape index (κ1) is 8.29. The van der Waals surface area contributed by atoms with E-state index in [9.17, 15) is 0 Å². The van der Waals surface area contributed by atoms with Gasteiger partial charge in [-0.05, 0) is 19.3 Å². The smallest absolute Gasteiger partial charge is 0.0694 e. The maximum atomic E-state index is 8.92. The fraction of sp³-hybridized carbons (Fsp3) is 0.667. The fourth-order valence-electron chi connectivity index (χ4n) is 1.40. The van der Waals surface area contributed by atoms with Crippen LogP contribution in [0.5, 0.6) is 0 Å². The Labute approximate surface area is 67.5 Å². The van der Waals surface area contributed by atoms with Gasteiger partial charge in [0.15, 0.2) is 0 Å². The Bertz CT molecular complexity index is 174. The third-order valence-electron chi connectivity index (χ3n) is 2.22. The summed E-state index contributed by atoms with van der Waals surface area (Å²) in [7, 11) is 0. The monoisotopic (exact) mass is 151 g/mol. The van der Waals surface area contributed by atoms with E-state index in [-0.39, 0.29) is 5.41 Å². The Morgan fingerprint density at radius 2 is 2.18 bits per heavy atom. The fourth-order valence-corrected chi connectivity index (χ4v) is 1.40. The number of hydrogen-bond donors (Lipinski definition) is 0. The number of rotatable bonds is 2. The second-order valence-electron chi connectivity index (χ2n) is 3.00. The molecule has 0 aliphatic carbocycles. The van der Waals surface area contributed by atoms with Crippen molar-refractivity contribution in [2.24, 2.45) is 5.41 Å². The lowest BCUT2D eigenvalue weighted by atomic mass is 9.79. The molecule has 11 heavy (non-hydrogen) atoms. The summed E-state index contributed by atoms with van der Waals surface area (Å²) in [5.41, 5.74) is -0.167. The van der Waals surface area contributed by atoms with E-state index in [1.807, 2.05) is 6.08 Å². The highest BCUT2D eigenvalue weighted by Crippen LogP contribution is 2.33. The zero-order valence-corrected chi connectivity index (χ0v) is 6.68. The molecule has 1 heterocycles. The van der Waals surface area contributed by atoms with E-state index >= 15 is 0 Å². The van der Waals surface area contributed by atoms with Gasteiger partial charge in [0.05, 0.1) is 11.5 Å². The number of hydrogen-bond acceptors (Lipinski definition) is 2. The summed E-state index contributed by atoms with van der Waals surface area (Å²) in [5.74, 6) is 0. The minimum Gasteiger partial charge on any atom is -0.381 e. The first-order valence-electron chi connectivity index (χ1n) is 3.93. The minimum atomic E-state index is -0.167. The lowest BCUT2D eigenvalue weighted by Crippen LogP contribution is -2.27. The van der Waals surface area contributed by atoms with Gasteiger partial charge in [-0.1, -0.05) is 6.08 Å². The van der Waals surface area contributed by atoms with Gasteiger partial charge in [0.1, 0.15) is 0 Å². The van der Waals surface area contributed by atoms with Crippen LogP contribution in [0.3, 0.4) is 0 Å². The molecule has 0 amide bonds. The van der Waals surface area contributed by atoms with Crippen molar-refractivity contribution in [3.63, 3.8) is 0 Å². The standard InChI is InChI=1S/C9H13NO/c1-2-3-9(8-10)4-6-11-7-5-9/h2H,1,3-7H2. The zero-order valence-electron chi connectivity index (χ0n) is 6.68. The summed E-state index contributed by atoms with van der Waals surface area (Å²) in [6, 6.07) is 2.37. The second kappa shape index (κ2) is 3.54. The Morgan fingerprint density at radius 1 is 1.55 bits per heavy atom. The summed E-state index contributed by atoms with van der Waals surface area (Å²) in [5, 5.41) is 8.92. The Kier molecular flexibility index (Phi) is 2.67. The van der Waals surface area contributed by atoms with Crippen LogP contribution in [-0.4, -0.2) is 13.2 Å². The zero-order chi connectivity index (χ0) is 8.16. The van der Waals surface area contributed by atoms with Gasteiger partial charge in [-0.2, -0.15) is 5.26 Å². The highest BCUT2D eigenvalue weighted by Gasteiger charge is 2.30. The van der Waals surface area contributed by atoms with E-state index < -0.39 is 0 Å². The molecule has 1 aliphatic rings. The minimum absolute atomic E-state index is 0.167. The summed E-state index contributed by atoms with van der Waals surface area (Å²) in [6.45, 7) is 5.10. The second-order valence-corrected chi connectivity index (χ2v) is 3.00. The van der Waals surface area contributed by atoms with Crippen LogP contribution in [0.1, 0.15) is 19.3 Å². The molecule has 1 aliphatic heterocycles. The average Bonchev–Trinajstić information content (AvgIpc) is 2.07. The lowest BCUT2D eigenvalue weighted by molar-refractivity contribution is 0.0417. The van der Waals surface area contributed by atoms with Crippen LogP contribution in [0, 0.1) is 16.7 Å². The van der Waals surface area contributed by atoms with E-state index in [2.05, 4.69) is 12.6 Å². The predicted molar refractivity (Wildman–Crippen MR) is 42.9 cm³/mol. The molecule has 2 heteroatoms. The van der Waals surface area contributed by atoms with Crippen molar-refractivity contribution >= 4 is 0 Å². The molecule has 0 bridgehead atoms. The molecule has 60 valence electrons. The summed E-state index contributed by atoms with van der Waals surface area (Å²) >= 11 is 0. The topological polar surface area (TPSA) is 33.0 Å².